The van der Waals surface area contributed by atoms with Gasteiger partial charge in [-0.05, 0) is 17.7 Å². The first kappa shape index (κ1) is 9.72. The lowest BCUT2D eigenvalue weighted by Gasteiger charge is -2.15. The van der Waals surface area contributed by atoms with Crippen LogP contribution in [0.4, 0.5) is 0 Å². The zero-order valence-corrected chi connectivity index (χ0v) is 8.28. The molecule has 0 spiro atoms. The first-order chi connectivity index (χ1) is 7.00. The summed E-state index contributed by atoms with van der Waals surface area (Å²) < 4.78 is 25.1. The van der Waals surface area contributed by atoms with Crippen molar-refractivity contribution in [1.29, 1.82) is 0 Å². The van der Waals surface area contributed by atoms with Crippen molar-refractivity contribution in [3.8, 4) is 0 Å². The van der Waals surface area contributed by atoms with Crippen molar-refractivity contribution < 1.29 is 13.2 Å². The van der Waals surface area contributed by atoms with Gasteiger partial charge in [0, 0.05) is 0 Å². The van der Waals surface area contributed by atoms with Gasteiger partial charge in [0.15, 0.2) is 0 Å². The van der Waals surface area contributed by atoms with Gasteiger partial charge in [-0.2, -0.15) is 0 Å². The standard InChI is InChI=1S/C9H6N2O3S/c10-9(12)7-5-6-3-1-2-4-8(6)15(13,14)11-7/h1-5,11H. The summed E-state index contributed by atoms with van der Waals surface area (Å²) in [6.07, 6.45) is 1.29. The Morgan fingerprint density at radius 2 is 1.93 bits per heavy atom. The van der Waals surface area contributed by atoms with E-state index in [-0.39, 0.29) is 10.6 Å². The van der Waals surface area contributed by atoms with Crippen LogP contribution in [0.2, 0.25) is 0 Å². The molecule has 0 fully saturated rings. The molecule has 1 aliphatic rings. The SMILES string of the molecule is [N]C(=O)C1=Cc2ccccc2S(=O)(=O)N1. The highest BCUT2D eigenvalue weighted by molar-refractivity contribution is 7.89. The van der Waals surface area contributed by atoms with Crippen molar-refractivity contribution in [2.45, 2.75) is 4.90 Å². The van der Waals surface area contributed by atoms with E-state index in [4.69, 9.17) is 5.73 Å². The summed E-state index contributed by atoms with van der Waals surface area (Å²) in [5.74, 6) is -1.30. The van der Waals surface area contributed by atoms with Gasteiger partial charge in [-0.15, -0.1) is 5.73 Å². The van der Waals surface area contributed by atoms with Gasteiger partial charge in [0.05, 0.1) is 4.90 Å². The van der Waals surface area contributed by atoms with Crippen molar-refractivity contribution >= 4 is 22.0 Å². The minimum atomic E-state index is -3.74. The Morgan fingerprint density at radius 1 is 1.27 bits per heavy atom. The number of hydrogen-bond donors (Lipinski definition) is 1. The number of nitrogens with one attached hydrogen (secondary N) is 1. The van der Waals surface area contributed by atoms with E-state index in [1.54, 1.807) is 18.2 Å². The summed E-state index contributed by atoms with van der Waals surface area (Å²) >= 11 is 0. The average molecular weight is 222 g/mol. The lowest BCUT2D eigenvalue weighted by molar-refractivity contribution is -0.115. The normalized spacial score (nSPS) is 17.2. The molecule has 1 heterocycles. The predicted molar refractivity (Wildman–Crippen MR) is 51.9 cm³/mol. The molecule has 0 saturated heterocycles. The molecule has 0 saturated carbocycles. The zero-order chi connectivity index (χ0) is 11.1. The Bertz CT molecular complexity index is 560. The molecule has 2 rings (SSSR count). The van der Waals surface area contributed by atoms with Crippen molar-refractivity contribution in [3.05, 3.63) is 35.5 Å². The Hall–Kier alpha value is -1.82. The molecular formula is C9H6N2O3S. The highest BCUT2D eigenvalue weighted by Gasteiger charge is 2.25. The van der Waals surface area contributed by atoms with Crippen LogP contribution in [0.3, 0.4) is 0 Å². The second kappa shape index (κ2) is 3.09. The maximum atomic E-state index is 11.6. The molecule has 5 nitrogen and oxygen atoms in total. The molecule has 0 bridgehead atoms. The first-order valence-corrected chi connectivity index (χ1v) is 5.56. The second-order valence-corrected chi connectivity index (χ2v) is 4.66. The van der Waals surface area contributed by atoms with Crippen LogP contribution in [0.25, 0.3) is 6.08 Å². The molecule has 0 atom stereocenters. The third kappa shape index (κ3) is 1.59. The summed E-state index contributed by atoms with van der Waals surface area (Å²) in [6.45, 7) is 0. The number of fused-ring (bicyclic) bond motifs is 1. The number of nitrogens with zero attached hydrogens (tertiary/aromatic N) is 1. The van der Waals surface area contributed by atoms with Crippen molar-refractivity contribution in [1.82, 2.24) is 10.5 Å². The van der Waals surface area contributed by atoms with E-state index in [1.165, 1.54) is 12.1 Å². The molecule has 1 amide bonds. The predicted octanol–water partition coefficient (Wildman–Crippen LogP) is -0.0853. The topological polar surface area (TPSA) is 85.5 Å². The van der Waals surface area contributed by atoms with Crippen LogP contribution < -0.4 is 10.5 Å². The van der Waals surface area contributed by atoms with Crippen LogP contribution in [0.15, 0.2) is 34.9 Å². The molecule has 1 N–H and O–H groups in total. The minimum absolute atomic E-state index is 0.0926. The van der Waals surface area contributed by atoms with Gasteiger partial charge in [-0.1, -0.05) is 18.2 Å². The summed E-state index contributed by atoms with van der Waals surface area (Å²) in [4.78, 5) is 10.7. The van der Waals surface area contributed by atoms with Crippen LogP contribution in [-0.4, -0.2) is 14.3 Å². The van der Waals surface area contributed by atoms with Crippen LogP contribution >= 0.6 is 0 Å². The Morgan fingerprint density at radius 3 is 2.60 bits per heavy atom. The van der Waals surface area contributed by atoms with Crippen molar-refractivity contribution in [3.63, 3.8) is 0 Å². The molecule has 0 aliphatic carbocycles. The Labute approximate surface area is 86.6 Å². The van der Waals surface area contributed by atoms with Gasteiger partial charge in [0.1, 0.15) is 5.70 Å². The molecule has 1 aromatic rings. The molecule has 1 aromatic carbocycles. The summed E-state index contributed by atoms with van der Waals surface area (Å²) in [6, 6.07) is 6.21. The molecule has 6 heteroatoms. The fourth-order valence-corrected chi connectivity index (χ4v) is 2.58. The van der Waals surface area contributed by atoms with Gasteiger partial charge in [-0.3, -0.25) is 9.52 Å². The molecule has 0 aromatic heterocycles. The van der Waals surface area contributed by atoms with Crippen LogP contribution in [0.5, 0.6) is 0 Å². The lowest BCUT2D eigenvalue weighted by Crippen LogP contribution is -2.31. The third-order valence-corrected chi connectivity index (χ3v) is 3.42. The van der Waals surface area contributed by atoms with Gasteiger partial charge < -0.3 is 0 Å². The van der Waals surface area contributed by atoms with Crippen molar-refractivity contribution in [2.24, 2.45) is 0 Å². The van der Waals surface area contributed by atoms with E-state index in [9.17, 15) is 13.2 Å². The number of carbonyl (C=O) groups is 1. The maximum Gasteiger partial charge on any atom is 0.312 e. The largest absolute Gasteiger partial charge is 0.312 e. The van der Waals surface area contributed by atoms with Crippen LogP contribution in [0, 0.1) is 0 Å². The van der Waals surface area contributed by atoms with Gasteiger partial charge in [0.25, 0.3) is 10.0 Å². The number of carbonyl (C=O) groups excluding carboxylic acids is 1. The van der Waals surface area contributed by atoms with E-state index in [0.717, 1.165) is 0 Å². The number of amides is 1. The van der Waals surface area contributed by atoms with E-state index >= 15 is 0 Å². The fourth-order valence-electron chi connectivity index (χ4n) is 1.33. The van der Waals surface area contributed by atoms with Crippen LogP contribution in [0.1, 0.15) is 5.56 Å². The van der Waals surface area contributed by atoms with E-state index in [0.29, 0.717) is 5.56 Å². The van der Waals surface area contributed by atoms with E-state index in [1.807, 2.05) is 4.72 Å². The Kier molecular flexibility index (Phi) is 2.01. The summed E-state index contributed by atoms with van der Waals surface area (Å²) in [5.41, 5.74) is 8.74. The summed E-state index contributed by atoms with van der Waals surface area (Å²) in [5, 5.41) is 0. The molecule has 0 unspecified atom stereocenters. The fraction of sp³-hybridized carbons (Fsp3) is 0. The molecule has 2 radical (unpaired) electrons. The molecule has 76 valence electrons. The Balaban J connectivity index is 2.69. The van der Waals surface area contributed by atoms with Gasteiger partial charge >= 0.3 is 5.91 Å². The van der Waals surface area contributed by atoms with E-state index in [2.05, 4.69) is 0 Å². The molecule has 1 aliphatic heterocycles. The zero-order valence-electron chi connectivity index (χ0n) is 7.47. The smallest absolute Gasteiger partial charge is 0.274 e. The van der Waals surface area contributed by atoms with Gasteiger partial charge in [0.2, 0.25) is 0 Å². The van der Waals surface area contributed by atoms with Crippen LogP contribution in [-0.2, 0) is 14.8 Å². The molecular weight excluding hydrogens is 216 g/mol. The summed E-state index contributed by atoms with van der Waals surface area (Å²) in [7, 11) is -3.74. The number of hydrogen-bond acceptors (Lipinski definition) is 3. The van der Waals surface area contributed by atoms with Gasteiger partial charge in [-0.25, -0.2) is 8.42 Å². The third-order valence-electron chi connectivity index (χ3n) is 1.98. The second-order valence-electron chi connectivity index (χ2n) is 3.01. The lowest BCUT2D eigenvalue weighted by atomic mass is 10.2. The maximum absolute atomic E-state index is 11.6. The monoisotopic (exact) mass is 222 g/mol. The number of sulfonamides is 1. The highest BCUT2D eigenvalue weighted by Crippen LogP contribution is 2.22. The molecule has 15 heavy (non-hydrogen) atoms. The van der Waals surface area contributed by atoms with Crippen molar-refractivity contribution in [2.75, 3.05) is 0 Å². The number of benzene rings is 1. The van der Waals surface area contributed by atoms with E-state index < -0.39 is 15.9 Å². The number of rotatable bonds is 1. The average Bonchev–Trinajstić information content (AvgIpc) is 2.16. The highest BCUT2D eigenvalue weighted by atomic mass is 32.2. The first-order valence-electron chi connectivity index (χ1n) is 4.07. The minimum Gasteiger partial charge on any atom is -0.274 e. The quantitative estimate of drug-likeness (QED) is 0.720.